The first-order valence-corrected chi connectivity index (χ1v) is 50.4. The molecule has 772 valence electrons. The van der Waals surface area contributed by atoms with Crippen molar-refractivity contribution in [2.24, 2.45) is 5.92 Å². The fourth-order valence-electron chi connectivity index (χ4n) is 17.7. The molecule has 12 aromatic rings. The van der Waals surface area contributed by atoms with Gasteiger partial charge in [-0.2, -0.15) is 8.78 Å². The summed E-state index contributed by atoms with van der Waals surface area (Å²) >= 11 is 12.5. The molecule has 0 unspecified atom stereocenters. The Bertz CT molecular complexity index is 5780. The smallest absolute Gasteiger partial charge is 0.387 e. The van der Waals surface area contributed by atoms with E-state index >= 15 is 0 Å². The molecule has 6 fully saturated rings. The number of hydrogen-bond donors (Lipinski definition) is 0. The molecule has 145 heavy (non-hydrogen) atoms. The van der Waals surface area contributed by atoms with Gasteiger partial charge in [-0.15, -0.1) is 0 Å². The first-order valence-electron chi connectivity index (χ1n) is 49.6. The zero-order chi connectivity index (χ0) is 101. The van der Waals surface area contributed by atoms with Crippen LogP contribution in [0, 0.1) is 5.92 Å². The van der Waals surface area contributed by atoms with Crippen LogP contribution in [0.3, 0.4) is 0 Å². The van der Waals surface area contributed by atoms with Crippen LogP contribution in [0.25, 0.3) is 0 Å². The summed E-state index contributed by atoms with van der Waals surface area (Å²) in [4.78, 5) is 61.3. The number of anilines is 5. The molecule has 6 aliphatic rings. The molecule has 0 bridgehead atoms. The maximum atomic E-state index is 12.7. The van der Waals surface area contributed by atoms with E-state index in [2.05, 4.69) is 118 Å². The number of rotatable bonds is 37. The van der Waals surface area contributed by atoms with Crippen molar-refractivity contribution in [3.63, 3.8) is 0 Å². The standard InChI is InChI=1S/C19H22Cl2N2O2.C19H20F2N2O3.C19H22N2O3.3C19H24N2O2.CH4/c1-23(12-15-16(20)10-22-11-17(15)21)13-7-8-18(24-2)19(9-13)25-14-5-3-4-6-14;1-23(11-13-6-8-22-9-7-13)18(24)15-4-5-16(26-19(20)21)17(10-15)25-12-14-2-3-14;1-21(19(22)14-9-11-20-12-10-14)15-7-8-17(23-2)18(13-15)24-16-5-3-4-6-16;1-21(14-15-6-5-11-20-13-15)16-9-10-18(22-2)19(12-16)23-17-7-3-4-8-17;1-21(14-15-9-11-20-12-10-15)16-7-8-18(22-2)19(13-16)23-17-5-3-4-6-17;1-21(16-9-11-20-12-10-16)14-15-7-8-18(22-2)19(13-15)23-17-5-3-4-6-17;/h7-11,14H,3-6,12H2,1-2H3;4-10,14,19H,2-3,11-12H2,1H3;7-13,16H,3-6H2,1-2H3;5-6,9-13,17H,3-4,7-8,14H2,1-2H3;2*7-13,17H,3-6,14H2,1-2H3;1H4. The Morgan fingerprint density at radius 1 is 0.324 bits per heavy atom. The summed E-state index contributed by atoms with van der Waals surface area (Å²) in [5, 5.41) is 1.13. The quantitative estimate of drug-likeness (QED) is 0.0351. The summed E-state index contributed by atoms with van der Waals surface area (Å²) in [6, 6.07) is 53.5. The first-order chi connectivity index (χ1) is 70.1. The number of carbonyl (C=O) groups excluding carboxylic acids is 2. The van der Waals surface area contributed by atoms with E-state index in [1.807, 2.05) is 135 Å². The van der Waals surface area contributed by atoms with Gasteiger partial charge in [-0.05, 0) is 303 Å². The summed E-state index contributed by atoms with van der Waals surface area (Å²) in [6.45, 7) is 0.929. The number of methoxy groups -OCH3 is 5. The van der Waals surface area contributed by atoms with E-state index in [4.69, 9.17) is 75.3 Å². The van der Waals surface area contributed by atoms with Gasteiger partial charge in [0.2, 0.25) is 0 Å². The van der Waals surface area contributed by atoms with Gasteiger partial charge in [0.05, 0.1) is 82.7 Å². The van der Waals surface area contributed by atoms with E-state index in [1.165, 1.54) is 99.1 Å². The van der Waals surface area contributed by atoms with Crippen molar-refractivity contribution in [2.45, 2.75) is 219 Å². The van der Waals surface area contributed by atoms with Crippen LogP contribution < -0.4 is 81.3 Å². The maximum absolute atomic E-state index is 12.7. The molecule has 0 radical (unpaired) electrons. The van der Waals surface area contributed by atoms with Gasteiger partial charge in [0.25, 0.3) is 11.8 Å². The zero-order valence-corrected chi connectivity index (χ0v) is 86.0. The van der Waals surface area contributed by atoms with E-state index in [1.54, 1.807) is 115 Å². The van der Waals surface area contributed by atoms with E-state index in [9.17, 15) is 18.4 Å². The molecular weight excluding hydrogens is 1880 g/mol. The van der Waals surface area contributed by atoms with Crippen LogP contribution in [0.15, 0.2) is 244 Å². The summed E-state index contributed by atoms with van der Waals surface area (Å²) in [5.74, 6) is 8.11. The molecule has 0 saturated heterocycles. The van der Waals surface area contributed by atoms with Gasteiger partial charge in [0, 0.05) is 219 Å². The number of aromatic nitrogens is 6. The lowest BCUT2D eigenvalue weighted by Gasteiger charge is -2.23. The molecule has 6 heterocycles. The van der Waals surface area contributed by atoms with Crippen molar-refractivity contribution in [1.82, 2.24) is 34.8 Å². The fraction of sp³-hybridized carbons (Fsp3) is 0.409. The Morgan fingerprint density at radius 3 is 1.09 bits per heavy atom. The molecule has 0 spiro atoms. The lowest BCUT2D eigenvalue weighted by molar-refractivity contribution is -0.0515. The van der Waals surface area contributed by atoms with Crippen LogP contribution >= 0.6 is 23.2 Å². The molecule has 30 heteroatoms. The predicted octanol–water partition coefficient (Wildman–Crippen LogP) is 25.6. The van der Waals surface area contributed by atoms with Gasteiger partial charge in [-0.1, -0.05) is 42.8 Å². The van der Waals surface area contributed by atoms with Crippen LogP contribution in [-0.4, -0.2) is 168 Å². The molecule has 6 saturated carbocycles. The second-order valence-electron chi connectivity index (χ2n) is 36.8. The molecule has 0 aliphatic heterocycles. The Morgan fingerprint density at radius 2 is 0.683 bits per heavy atom. The number of nitrogens with zero attached hydrogens (tertiary/aromatic N) is 12. The number of pyridine rings is 6. The third-order valence-corrected chi connectivity index (χ3v) is 26.7. The van der Waals surface area contributed by atoms with Crippen LogP contribution in [0.4, 0.5) is 37.2 Å². The molecule has 0 N–H and O–H groups in total. The molecule has 6 aromatic carbocycles. The van der Waals surface area contributed by atoms with Crippen LogP contribution in [0.1, 0.15) is 197 Å². The number of alkyl halides is 2. The Kier molecular flexibility index (Phi) is 43.5. The van der Waals surface area contributed by atoms with Crippen molar-refractivity contribution >= 4 is 63.5 Å². The highest BCUT2D eigenvalue weighted by Crippen LogP contribution is 2.43. The number of ether oxygens (including phenoxy) is 12. The minimum atomic E-state index is -2.95. The highest BCUT2D eigenvalue weighted by Gasteiger charge is 2.29. The topological polar surface area (TPSA) is 242 Å². The minimum Gasteiger partial charge on any atom is -0.493 e. The lowest BCUT2D eigenvalue weighted by Crippen LogP contribution is -2.26. The molecule has 26 nitrogen and oxygen atoms in total. The summed E-state index contributed by atoms with van der Waals surface area (Å²) in [6.07, 6.45) is 48.0. The van der Waals surface area contributed by atoms with Crippen LogP contribution in [0.2, 0.25) is 10.0 Å². The predicted molar refractivity (Wildman–Crippen MR) is 570 cm³/mol. The van der Waals surface area contributed by atoms with Gasteiger partial charge in [0.15, 0.2) is 69.0 Å². The summed E-state index contributed by atoms with van der Waals surface area (Å²) in [7, 11) is 20.0. The van der Waals surface area contributed by atoms with Gasteiger partial charge in [0.1, 0.15) is 0 Å². The highest BCUT2D eigenvalue weighted by atomic mass is 35.5. The highest BCUT2D eigenvalue weighted by molar-refractivity contribution is 6.35. The largest absolute Gasteiger partial charge is 0.493 e. The SMILES string of the molecule is C.CN(Cc1ccncc1)C(=O)c1ccc(OC(F)F)c(OCC2CC2)c1.COc1ccc(CN(C)c2ccncc2)cc1OC1CCCC1.COc1ccc(N(C)C(=O)c2ccncc2)cc1OC1CCCC1.COc1ccc(N(C)Cc2c(Cl)cncc2Cl)cc1OC1CCCC1.COc1ccc(N(C)Cc2cccnc2)cc1OC1CCCC1.COc1ccc(N(C)Cc2ccncc2)cc1OC1CCCC1. The second kappa shape index (κ2) is 57.2. The minimum absolute atomic E-state index is 0. The molecular formula is C115H140Cl2F2N12O14. The molecule has 6 aromatic heterocycles. The molecule has 6 aliphatic carbocycles. The van der Waals surface area contributed by atoms with Crippen molar-refractivity contribution < 1.29 is 75.2 Å². The van der Waals surface area contributed by atoms with Gasteiger partial charge in [-0.3, -0.25) is 39.5 Å². The maximum Gasteiger partial charge on any atom is 0.387 e. The first kappa shape index (κ1) is 110. The normalized spacial score (nSPS) is 14.3. The number of carbonyl (C=O) groups is 2. The van der Waals surface area contributed by atoms with Crippen molar-refractivity contribution in [1.29, 1.82) is 0 Å². The van der Waals surface area contributed by atoms with E-state index < -0.39 is 6.61 Å². The Labute approximate surface area is 863 Å². The third kappa shape index (κ3) is 34.0. The zero-order valence-electron chi connectivity index (χ0n) is 84.5. The van der Waals surface area contributed by atoms with Crippen molar-refractivity contribution in [2.75, 3.05) is 109 Å². The van der Waals surface area contributed by atoms with Crippen molar-refractivity contribution in [3.05, 3.63) is 293 Å². The van der Waals surface area contributed by atoms with E-state index in [0.717, 1.165) is 182 Å². The van der Waals surface area contributed by atoms with Gasteiger partial charge < -0.3 is 86.2 Å². The number of hydrogen-bond acceptors (Lipinski definition) is 24. The molecule has 0 atom stereocenters. The summed E-state index contributed by atoms with van der Waals surface area (Å²) < 4.78 is 93.3. The Hall–Kier alpha value is -13.6. The number of benzene rings is 6. The average Bonchev–Trinajstić information content (AvgIpc) is 1.85. The van der Waals surface area contributed by atoms with Gasteiger partial charge in [-0.25, -0.2) is 0 Å². The van der Waals surface area contributed by atoms with Crippen LogP contribution in [-0.2, 0) is 32.7 Å². The van der Waals surface area contributed by atoms with Gasteiger partial charge >= 0.3 is 6.61 Å². The second-order valence-corrected chi connectivity index (χ2v) is 37.6. The lowest BCUT2D eigenvalue weighted by atomic mass is 10.1. The fourth-order valence-corrected chi connectivity index (χ4v) is 18.2. The third-order valence-electron chi connectivity index (χ3n) is 26.0. The molecule has 2 amide bonds. The van der Waals surface area contributed by atoms with Crippen molar-refractivity contribution in [3.8, 4) is 69.0 Å². The average molecular weight is 2020 g/mol. The van der Waals surface area contributed by atoms with Crippen LogP contribution in [0.5, 0.6) is 69.0 Å². The number of amides is 2. The molecule has 18 rings (SSSR count). The Balaban J connectivity index is 0.000000155. The summed E-state index contributed by atoms with van der Waals surface area (Å²) in [5.41, 5.74) is 11.5. The van der Waals surface area contributed by atoms with E-state index in [0.29, 0.717) is 76.6 Å². The monoisotopic (exact) mass is 2020 g/mol. The van der Waals surface area contributed by atoms with E-state index in [-0.39, 0.29) is 42.9 Å². The number of halogens is 4.